The van der Waals surface area contributed by atoms with E-state index in [1.54, 1.807) is 13.4 Å². The van der Waals surface area contributed by atoms with E-state index in [9.17, 15) is 5.11 Å². The highest BCUT2D eigenvalue weighted by Gasteiger charge is 2.23. The van der Waals surface area contributed by atoms with E-state index in [1.165, 1.54) is 0 Å². The SMILES string of the molecule is COc1ncnc2c1CN(C[C@@H](O)COCc1ccccc1)CC2. The zero-order chi connectivity index (χ0) is 16.8. The highest BCUT2D eigenvalue weighted by molar-refractivity contribution is 5.31. The van der Waals surface area contributed by atoms with Crippen LogP contribution in [0.25, 0.3) is 0 Å². The molecule has 0 bridgehead atoms. The molecular weight excluding hydrogens is 306 g/mol. The minimum atomic E-state index is -0.522. The van der Waals surface area contributed by atoms with Crippen molar-refractivity contribution in [2.45, 2.75) is 25.7 Å². The number of rotatable bonds is 7. The van der Waals surface area contributed by atoms with Crippen LogP contribution in [0.4, 0.5) is 0 Å². The summed E-state index contributed by atoms with van der Waals surface area (Å²) in [6, 6.07) is 9.97. The topological polar surface area (TPSA) is 67.7 Å². The van der Waals surface area contributed by atoms with Crippen LogP contribution >= 0.6 is 0 Å². The fourth-order valence-corrected chi connectivity index (χ4v) is 2.94. The molecule has 2 aromatic rings. The largest absolute Gasteiger partial charge is 0.481 e. The number of aliphatic hydroxyl groups is 1. The molecule has 1 aliphatic heterocycles. The van der Waals surface area contributed by atoms with Crippen LogP contribution in [0.1, 0.15) is 16.8 Å². The molecule has 0 saturated carbocycles. The Labute approximate surface area is 142 Å². The molecule has 3 rings (SSSR count). The number of β-amino-alcohol motifs (C(OH)–C–C–N with tert-alkyl or cyclic N) is 1. The monoisotopic (exact) mass is 329 g/mol. The number of aliphatic hydroxyl groups excluding tert-OH is 1. The Hall–Kier alpha value is -2.02. The summed E-state index contributed by atoms with van der Waals surface area (Å²) in [6.07, 6.45) is 1.86. The van der Waals surface area contributed by atoms with Crippen molar-refractivity contribution in [3.63, 3.8) is 0 Å². The number of benzene rings is 1. The number of ether oxygens (including phenoxy) is 2. The average molecular weight is 329 g/mol. The van der Waals surface area contributed by atoms with Crippen molar-refractivity contribution in [1.29, 1.82) is 0 Å². The molecule has 6 heteroatoms. The smallest absolute Gasteiger partial charge is 0.220 e. The Morgan fingerprint density at radius 3 is 2.88 bits per heavy atom. The molecule has 1 aliphatic rings. The minimum Gasteiger partial charge on any atom is -0.481 e. The average Bonchev–Trinajstić information content (AvgIpc) is 2.62. The van der Waals surface area contributed by atoms with Crippen LogP contribution in [0.3, 0.4) is 0 Å². The van der Waals surface area contributed by atoms with Gasteiger partial charge in [0.2, 0.25) is 5.88 Å². The Bertz CT molecular complexity index is 637. The van der Waals surface area contributed by atoms with Crippen LogP contribution in [-0.4, -0.2) is 52.9 Å². The Morgan fingerprint density at radius 1 is 1.25 bits per heavy atom. The molecule has 1 N–H and O–H groups in total. The predicted octanol–water partition coefficient (Wildman–Crippen LogP) is 1.42. The summed E-state index contributed by atoms with van der Waals surface area (Å²) in [5.74, 6) is 0.625. The molecule has 1 aromatic carbocycles. The second kappa shape index (κ2) is 8.19. The fourth-order valence-electron chi connectivity index (χ4n) is 2.94. The maximum absolute atomic E-state index is 10.2. The highest BCUT2D eigenvalue weighted by Crippen LogP contribution is 2.24. The number of hydrogen-bond donors (Lipinski definition) is 1. The minimum absolute atomic E-state index is 0.320. The van der Waals surface area contributed by atoms with Gasteiger partial charge in [0.1, 0.15) is 6.33 Å². The summed E-state index contributed by atoms with van der Waals surface area (Å²) in [5.41, 5.74) is 3.16. The molecule has 128 valence electrons. The van der Waals surface area contributed by atoms with Crippen LogP contribution < -0.4 is 4.74 Å². The Balaban J connectivity index is 1.48. The molecule has 0 unspecified atom stereocenters. The molecular formula is C18H23N3O3. The molecule has 1 aromatic heterocycles. The summed E-state index contributed by atoms with van der Waals surface area (Å²) < 4.78 is 10.9. The van der Waals surface area contributed by atoms with Crippen LogP contribution in [0.5, 0.6) is 5.88 Å². The van der Waals surface area contributed by atoms with E-state index in [0.29, 0.717) is 32.2 Å². The van der Waals surface area contributed by atoms with Crippen LogP contribution in [-0.2, 0) is 24.3 Å². The van der Waals surface area contributed by atoms with Gasteiger partial charge in [-0.05, 0) is 5.56 Å². The molecule has 1 atom stereocenters. The third kappa shape index (κ3) is 4.29. The van der Waals surface area contributed by atoms with Crippen molar-refractivity contribution in [1.82, 2.24) is 14.9 Å². The number of nitrogens with zero attached hydrogens (tertiary/aromatic N) is 3. The summed E-state index contributed by atoms with van der Waals surface area (Å²) in [7, 11) is 1.62. The zero-order valence-electron chi connectivity index (χ0n) is 13.9. The van der Waals surface area contributed by atoms with E-state index in [4.69, 9.17) is 9.47 Å². The van der Waals surface area contributed by atoms with E-state index in [1.807, 2.05) is 30.3 Å². The van der Waals surface area contributed by atoms with Gasteiger partial charge in [-0.2, -0.15) is 0 Å². The first-order chi connectivity index (χ1) is 11.8. The van der Waals surface area contributed by atoms with E-state index >= 15 is 0 Å². The van der Waals surface area contributed by atoms with Crippen molar-refractivity contribution >= 4 is 0 Å². The van der Waals surface area contributed by atoms with Gasteiger partial charge in [0.25, 0.3) is 0 Å². The summed E-state index contributed by atoms with van der Waals surface area (Å²) in [6.45, 7) is 2.95. The molecule has 24 heavy (non-hydrogen) atoms. The first kappa shape index (κ1) is 16.8. The van der Waals surface area contributed by atoms with Gasteiger partial charge in [0.15, 0.2) is 0 Å². The van der Waals surface area contributed by atoms with Gasteiger partial charge < -0.3 is 14.6 Å². The highest BCUT2D eigenvalue weighted by atomic mass is 16.5. The Kier molecular flexibility index (Phi) is 5.74. The van der Waals surface area contributed by atoms with Crippen molar-refractivity contribution in [2.75, 3.05) is 26.8 Å². The lowest BCUT2D eigenvalue weighted by atomic mass is 10.1. The van der Waals surface area contributed by atoms with E-state index in [-0.39, 0.29) is 0 Å². The van der Waals surface area contributed by atoms with E-state index < -0.39 is 6.10 Å². The number of fused-ring (bicyclic) bond motifs is 1. The standard InChI is InChI=1S/C18H23N3O3/c1-23-18-16-10-21(8-7-17(16)19-13-20-18)9-15(22)12-24-11-14-5-3-2-4-6-14/h2-6,13,15,22H,7-12H2,1H3/t15-/m1/s1. The molecule has 2 heterocycles. The maximum atomic E-state index is 10.2. The molecule has 0 saturated heterocycles. The lowest BCUT2D eigenvalue weighted by Gasteiger charge is -2.30. The third-order valence-corrected chi connectivity index (χ3v) is 4.13. The second-order valence-corrected chi connectivity index (χ2v) is 5.95. The number of hydrogen-bond acceptors (Lipinski definition) is 6. The lowest BCUT2D eigenvalue weighted by molar-refractivity contribution is 0.00746. The molecule has 0 spiro atoms. The van der Waals surface area contributed by atoms with Gasteiger partial charge in [0, 0.05) is 31.6 Å². The summed E-state index contributed by atoms with van der Waals surface area (Å²) in [5, 5.41) is 10.2. The van der Waals surface area contributed by atoms with E-state index in [0.717, 1.165) is 29.8 Å². The van der Waals surface area contributed by atoms with Gasteiger partial charge in [-0.25, -0.2) is 9.97 Å². The van der Waals surface area contributed by atoms with Crippen molar-refractivity contribution in [3.05, 3.63) is 53.5 Å². The fraction of sp³-hybridized carbons (Fsp3) is 0.444. The third-order valence-electron chi connectivity index (χ3n) is 4.13. The number of methoxy groups -OCH3 is 1. The van der Waals surface area contributed by atoms with Crippen LogP contribution in [0.2, 0.25) is 0 Å². The Morgan fingerprint density at radius 2 is 2.08 bits per heavy atom. The summed E-state index contributed by atoms with van der Waals surface area (Å²) >= 11 is 0. The van der Waals surface area contributed by atoms with Crippen LogP contribution in [0.15, 0.2) is 36.7 Å². The quantitative estimate of drug-likeness (QED) is 0.829. The van der Waals surface area contributed by atoms with Crippen LogP contribution in [0, 0.1) is 0 Å². The van der Waals surface area contributed by atoms with Gasteiger partial charge in [0.05, 0.1) is 32.1 Å². The number of aromatic nitrogens is 2. The maximum Gasteiger partial charge on any atom is 0.220 e. The predicted molar refractivity (Wildman–Crippen MR) is 89.7 cm³/mol. The van der Waals surface area contributed by atoms with E-state index in [2.05, 4.69) is 14.9 Å². The zero-order valence-corrected chi connectivity index (χ0v) is 13.9. The van der Waals surface area contributed by atoms with Gasteiger partial charge in [-0.1, -0.05) is 30.3 Å². The molecule has 0 aliphatic carbocycles. The molecule has 6 nitrogen and oxygen atoms in total. The summed E-state index contributed by atoms with van der Waals surface area (Å²) in [4.78, 5) is 10.7. The molecule has 0 amide bonds. The lowest BCUT2D eigenvalue weighted by Crippen LogP contribution is -2.38. The van der Waals surface area contributed by atoms with Crippen molar-refractivity contribution in [2.24, 2.45) is 0 Å². The van der Waals surface area contributed by atoms with Crippen molar-refractivity contribution < 1.29 is 14.6 Å². The first-order valence-corrected chi connectivity index (χ1v) is 8.15. The second-order valence-electron chi connectivity index (χ2n) is 5.95. The van der Waals surface area contributed by atoms with Crippen molar-refractivity contribution in [3.8, 4) is 5.88 Å². The molecule has 0 radical (unpaired) electrons. The first-order valence-electron chi connectivity index (χ1n) is 8.15. The molecule has 0 fully saturated rings. The van der Waals surface area contributed by atoms with Gasteiger partial charge >= 0.3 is 0 Å². The normalized spacial score (nSPS) is 15.8. The van der Waals surface area contributed by atoms with Gasteiger partial charge in [-0.3, -0.25) is 4.90 Å². The van der Waals surface area contributed by atoms with Gasteiger partial charge in [-0.15, -0.1) is 0 Å².